The fraction of sp³-hybridized carbons (Fsp3) is 0.250. The van der Waals surface area contributed by atoms with E-state index in [-0.39, 0.29) is 11.1 Å². The molecule has 38 heavy (non-hydrogen) atoms. The molecule has 0 aliphatic rings. The van der Waals surface area contributed by atoms with Gasteiger partial charge in [-0.25, -0.2) is 13.2 Å². The number of hydrogen-bond donors (Lipinski definition) is 0. The van der Waals surface area contributed by atoms with Gasteiger partial charge in [-0.3, -0.25) is 0 Å². The van der Waals surface area contributed by atoms with Crippen LogP contribution < -0.4 is 0 Å². The van der Waals surface area contributed by atoms with E-state index >= 15 is 4.39 Å². The molecule has 0 amide bonds. The van der Waals surface area contributed by atoms with Crippen molar-refractivity contribution < 1.29 is 26.3 Å². The lowest BCUT2D eigenvalue weighted by Gasteiger charge is -2.09. The van der Waals surface area contributed by atoms with Crippen LogP contribution in [0.1, 0.15) is 61.3 Å². The minimum absolute atomic E-state index is 0.0331. The summed E-state index contributed by atoms with van der Waals surface area (Å²) in [5.41, 5.74) is 0.889. The molecule has 0 radical (unpaired) electrons. The van der Waals surface area contributed by atoms with Gasteiger partial charge in [0.05, 0.1) is 5.56 Å². The van der Waals surface area contributed by atoms with Gasteiger partial charge in [0.25, 0.3) is 0 Å². The summed E-state index contributed by atoms with van der Waals surface area (Å²) in [4.78, 5) is 0. The Morgan fingerprint density at radius 3 is 2.00 bits per heavy atom. The van der Waals surface area contributed by atoms with Gasteiger partial charge >= 0.3 is 6.18 Å². The minimum Gasteiger partial charge on any atom is -0.206 e. The molecule has 0 N–H and O–H groups in total. The van der Waals surface area contributed by atoms with Gasteiger partial charge in [-0.1, -0.05) is 86.9 Å². The molecular weight excluding hydrogens is 498 g/mol. The van der Waals surface area contributed by atoms with Crippen LogP contribution in [0, 0.1) is 29.3 Å². The van der Waals surface area contributed by atoms with Gasteiger partial charge in [0, 0.05) is 10.9 Å². The van der Waals surface area contributed by atoms with Crippen LogP contribution in [0.4, 0.5) is 26.3 Å². The summed E-state index contributed by atoms with van der Waals surface area (Å²) in [6, 6.07) is 17.8. The predicted octanol–water partition coefficient (Wildman–Crippen LogP) is 9.86. The fourth-order valence-electron chi connectivity index (χ4n) is 4.42. The molecule has 0 saturated heterocycles. The molecule has 4 rings (SSSR count). The summed E-state index contributed by atoms with van der Waals surface area (Å²) < 4.78 is 81.0. The molecule has 0 aliphatic heterocycles. The molecule has 0 aliphatic carbocycles. The number of fused-ring (bicyclic) bond motifs is 1. The van der Waals surface area contributed by atoms with Crippen molar-refractivity contribution in [3.8, 4) is 23.0 Å². The Kier molecular flexibility index (Phi) is 8.46. The Balaban J connectivity index is 1.53. The highest BCUT2D eigenvalue weighted by Gasteiger charge is 2.37. The second kappa shape index (κ2) is 11.8. The van der Waals surface area contributed by atoms with Gasteiger partial charge in [-0.15, -0.1) is 0 Å². The first kappa shape index (κ1) is 27.3. The summed E-state index contributed by atoms with van der Waals surface area (Å²) in [6.45, 7) is 2.20. The number of alkyl halides is 3. The molecule has 0 spiro atoms. The van der Waals surface area contributed by atoms with E-state index in [1.807, 2.05) is 12.1 Å². The summed E-state index contributed by atoms with van der Waals surface area (Å²) in [5, 5.41) is 0.964. The Hall–Kier alpha value is -3.72. The van der Waals surface area contributed by atoms with Crippen molar-refractivity contribution in [2.45, 2.75) is 51.6 Å². The second-order valence-corrected chi connectivity index (χ2v) is 9.29. The van der Waals surface area contributed by atoms with E-state index in [4.69, 9.17) is 0 Å². The van der Waals surface area contributed by atoms with Crippen molar-refractivity contribution in [2.75, 3.05) is 0 Å². The fourth-order valence-corrected chi connectivity index (χ4v) is 4.42. The summed E-state index contributed by atoms with van der Waals surface area (Å²) >= 11 is 0. The summed E-state index contributed by atoms with van der Waals surface area (Å²) in [6.07, 6.45) is 2.04. The average Bonchev–Trinajstić information content (AvgIpc) is 2.87. The van der Waals surface area contributed by atoms with Crippen molar-refractivity contribution in [3.05, 3.63) is 106 Å². The van der Waals surface area contributed by atoms with E-state index in [2.05, 4.69) is 43.0 Å². The lowest BCUT2D eigenvalue weighted by atomic mass is 9.97. The van der Waals surface area contributed by atoms with Gasteiger partial charge in [0.15, 0.2) is 0 Å². The number of unbranched alkanes of at least 4 members (excludes halogenated alkanes) is 4. The third kappa shape index (κ3) is 6.39. The van der Waals surface area contributed by atoms with Crippen molar-refractivity contribution in [1.82, 2.24) is 0 Å². The van der Waals surface area contributed by atoms with Crippen LogP contribution in [0.2, 0.25) is 0 Å². The third-order valence-corrected chi connectivity index (χ3v) is 6.48. The normalized spacial score (nSPS) is 11.4. The van der Waals surface area contributed by atoms with Crippen molar-refractivity contribution in [3.63, 3.8) is 0 Å². The lowest BCUT2D eigenvalue weighted by molar-refractivity contribution is -0.142. The van der Waals surface area contributed by atoms with Gasteiger partial charge in [-0.05, 0) is 59.2 Å². The van der Waals surface area contributed by atoms with Crippen LogP contribution in [0.25, 0.3) is 21.9 Å². The Morgan fingerprint density at radius 1 is 0.684 bits per heavy atom. The molecular formula is C32H26F6. The molecule has 0 bridgehead atoms. The monoisotopic (exact) mass is 524 g/mol. The van der Waals surface area contributed by atoms with E-state index in [9.17, 15) is 22.0 Å². The van der Waals surface area contributed by atoms with Gasteiger partial charge in [0.2, 0.25) is 0 Å². The van der Waals surface area contributed by atoms with Crippen molar-refractivity contribution >= 4 is 10.8 Å². The highest BCUT2D eigenvalue weighted by molar-refractivity contribution is 5.89. The van der Waals surface area contributed by atoms with E-state index in [0.29, 0.717) is 22.9 Å². The summed E-state index contributed by atoms with van der Waals surface area (Å²) in [5.74, 6) is 0.673. The topological polar surface area (TPSA) is 0 Å². The molecule has 0 saturated carbocycles. The molecule has 0 atom stereocenters. The smallest absolute Gasteiger partial charge is 0.206 e. The van der Waals surface area contributed by atoms with Gasteiger partial charge < -0.3 is 0 Å². The van der Waals surface area contributed by atoms with E-state index in [0.717, 1.165) is 17.5 Å². The SMILES string of the molecule is CCCCCCCc1ccc(-c2ccc3c(F)c(C#Cc4cc(F)c(C(F)(F)F)c(F)c4)ccc3c2)cc1. The molecule has 0 aromatic heterocycles. The van der Waals surface area contributed by atoms with E-state index < -0.39 is 29.2 Å². The zero-order valence-electron chi connectivity index (χ0n) is 20.9. The maximum absolute atomic E-state index is 15.1. The maximum atomic E-state index is 15.1. The van der Waals surface area contributed by atoms with Crippen LogP contribution >= 0.6 is 0 Å². The number of aryl methyl sites for hydroxylation is 1. The summed E-state index contributed by atoms with van der Waals surface area (Å²) in [7, 11) is 0. The molecule has 0 nitrogen and oxygen atoms in total. The lowest BCUT2D eigenvalue weighted by Crippen LogP contribution is -2.11. The van der Waals surface area contributed by atoms with Gasteiger partial charge in [-0.2, -0.15) is 13.2 Å². The predicted molar refractivity (Wildman–Crippen MR) is 139 cm³/mol. The number of rotatable bonds is 7. The largest absolute Gasteiger partial charge is 0.422 e. The molecule has 0 heterocycles. The van der Waals surface area contributed by atoms with Crippen LogP contribution in [0.15, 0.2) is 66.7 Å². The highest BCUT2D eigenvalue weighted by Crippen LogP contribution is 2.34. The first-order chi connectivity index (χ1) is 18.2. The number of halogens is 6. The van der Waals surface area contributed by atoms with Gasteiger partial charge in [0.1, 0.15) is 23.0 Å². The third-order valence-electron chi connectivity index (χ3n) is 6.48. The van der Waals surface area contributed by atoms with Crippen LogP contribution in [-0.2, 0) is 12.6 Å². The molecule has 4 aromatic carbocycles. The average molecular weight is 525 g/mol. The highest BCUT2D eigenvalue weighted by atomic mass is 19.4. The van der Waals surface area contributed by atoms with Crippen molar-refractivity contribution in [1.29, 1.82) is 0 Å². The van der Waals surface area contributed by atoms with Crippen LogP contribution in [-0.4, -0.2) is 0 Å². The Bertz CT molecular complexity index is 1460. The first-order valence-electron chi connectivity index (χ1n) is 12.6. The van der Waals surface area contributed by atoms with Crippen LogP contribution in [0.3, 0.4) is 0 Å². The Morgan fingerprint density at radius 2 is 1.34 bits per heavy atom. The zero-order chi connectivity index (χ0) is 27.3. The standard InChI is InChI=1S/C32H26F6/c1-2-3-4-5-6-7-21-8-11-23(12-9-21)25-16-17-27-26(20-25)15-14-24(31(27)35)13-10-22-18-28(33)30(29(34)19-22)32(36,37)38/h8-9,11-12,14-20H,2-7H2,1H3. The second-order valence-electron chi connectivity index (χ2n) is 9.29. The van der Waals surface area contributed by atoms with E-state index in [1.165, 1.54) is 43.7 Å². The van der Waals surface area contributed by atoms with Crippen LogP contribution in [0.5, 0.6) is 0 Å². The molecule has 6 heteroatoms. The zero-order valence-corrected chi connectivity index (χ0v) is 20.9. The molecule has 4 aromatic rings. The molecule has 196 valence electrons. The maximum Gasteiger partial charge on any atom is 0.422 e. The number of hydrogen-bond acceptors (Lipinski definition) is 0. The molecule has 0 unspecified atom stereocenters. The first-order valence-corrected chi connectivity index (χ1v) is 12.6. The quantitative estimate of drug-likeness (QED) is 0.128. The Labute approximate surface area is 218 Å². The number of benzene rings is 4. The van der Waals surface area contributed by atoms with E-state index in [1.54, 1.807) is 12.1 Å². The molecule has 0 fully saturated rings. The van der Waals surface area contributed by atoms with Crippen molar-refractivity contribution in [2.24, 2.45) is 0 Å². The minimum atomic E-state index is -5.17.